The number of hydrogen-bond acceptors (Lipinski definition) is 5. The molecule has 0 saturated carbocycles. The van der Waals surface area contributed by atoms with Crippen molar-refractivity contribution < 1.29 is 9.34 Å². The van der Waals surface area contributed by atoms with E-state index in [0.29, 0.717) is 11.6 Å². The van der Waals surface area contributed by atoms with Gasteiger partial charge in [-0.3, -0.25) is 10.1 Å². The van der Waals surface area contributed by atoms with E-state index in [9.17, 15) is 10.1 Å². The number of hydrogen-bond donors (Lipinski definition) is 0. The molecule has 0 fully saturated rings. The topological polar surface area (TPSA) is 82.1 Å². The van der Waals surface area contributed by atoms with Gasteiger partial charge < -0.3 is 4.42 Å². The van der Waals surface area contributed by atoms with Gasteiger partial charge in [0.05, 0.1) is 6.07 Å². The molecule has 2 rings (SSSR count). The fraction of sp³-hybridized carbons (Fsp3) is 0.167. The summed E-state index contributed by atoms with van der Waals surface area (Å²) in [7, 11) is 0. The zero-order valence-corrected chi connectivity index (χ0v) is 9.74. The predicted octanol–water partition coefficient (Wildman–Crippen LogP) is 2.71. The first-order valence-corrected chi connectivity index (χ1v) is 5.42. The molecular weight excluding hydrogens is 234 g/mol. The lowest BCUT2D eigenvalue weighted by molar-refractivity contribution is -0.402. The molecular formula is C12H11N3O3. The Morgan fingerprint density at radius 1 is 1.33 bits per heavy atom. The molecule has 92 valence electrons. The van der Waals surface area contributed by atoms with Crippen LogP contribution < -0.4 is 0 Å². The summed E-state index contributed by atoms with van der Waals surface area (Å²) in [6, 6.07) is 2.83. The highest BCUT2D eigenvalue weighted by molar-refractivity contribution is 5.64. The van der Waals surface area contributed by atoms with Crippen LogP contribution in [0, 0.1) is 10.1 Å². The van der Waals surface area contributed by atoms with E-state index in [1.165, 1.54) is 12.1 Å². The molecule has 2 aromatic heterocycles. The molecule has 0 atom stereocenters. The Bertz CT molecular complexity index is 573. The maximum absolute atomic E-state index is 10.4. The molecule has 0 N–H and O–H groups in total. The molecule has 0 aliphatic rings. The van der Waals surface area contributed by atoms with Crippen LogP contribution in [0.1, 0.15) is 24.1 Å². The van der Waals surface area contributed by atoms with E-state index in [0.717, 1.165) is 12.0 Å². The third-order valence-corrected chi connectivity index (χ3v) is 2.32. The summed E-state index contributed by atoms with van der Waals surface area (Å²) >= 11 is 0. The lowest BCUT2D eigenvalue weighted by atomic mass is 10.3. The highest BCUT2D eigenvalue weighted by Crippen LogP contribution is 2.17. The van der Waals surface area contributed by atoms with E-state index in [-0.39, 0.29) is 5.88 Å². The predicted molar refractivity (Wildman–Crippen MR) is 65.7 cm³/mol. The van der Waals surface area contributed by atoms with Gasteiger partial charge >= 0.3 is 5.88 Å². The monoisotopic (exact) mass is 245 g/mol. The quantitative estimate of drug-likeness (QED) is 0.611. The molecule has 18 heavy (non-hydrogen) atoms. The number of aryl methyl sites for hydroxylation is 1. The van der Waals surface area contributed by atoms with Gasteiger partial charge in [-0.1, -0.05) is 6.92 Å². The summed E-state index contributed by atoms with van der Waals surface area (Å²) in [5.41, 5.74) is 1.06. The van der Waals surface area contributed by atoms with Crippen LogP contribution in [-0.2, 0) is 6.42 Å². The van der Waals surface area contributed by atoms with Crippen LogP contribution in [0.2, 0.25) is 0 Å². The van der Waals surface area contributed by atoms with Gasteiger partial charge in [-0.25, -0.2) is 9.97 Å². The minimum atomic E-state index is -0.579. The highest BCUT2D eigenvalue weighted by atomic mass is 16.6. The molecule has 0 spiro atoms. The van der Waals surface area contributed by atoms with Crippen molar-refractivity contribution in [1.29, 1.82) is 0 Å². The van der Waals surface area contributed by atoms with Gasteiger partial charge in [0.15, 0.2) is 5.82 Å². The van der Waals surface area contributed by atoms with Gasteiger partial charge in [0.25, 0.3) is 0 Å². The molecule has 0 unspecified atom stereocenters. The smallest absolute Gasteiger partial charge is 0.401 e. The van der Waals surface area contributed by atoms with Crippen molar-refractivity contribution in [2.24, 2.45) is 0 Å². The maximum Gasteiger partial charge on any atom is 0.433 e. The van der Waals surface area contributed by atoms with Crippen molar-refractivity contribution in [2.45, 2.75) is 13.3 Å². The standard InChI is InChI=1S/C12H11N3O3/c1-2-9-7-13-11(14-8-9)5-3-10-4-6-12(18-10)15(16)17/h3-8H,2H2,1H3/b5-3-. The summed E-state index contributed by atoms with van der Waals surface area (Å²) < 4.78 is 4.97. The second kappa shape index (κ2) is 5.22. The Kier molecular flexibility index (Phi) is 3.47. The van der Waals surface area contributed by atoms with E-state index >= 15 is 0 Å². The van der Waals surface area contributed by atoms with Crippen LogP contribution >= 0.6 is 0 Å². The van der Waals surface area contributed by atoms with Crippen LogP contribution in [-0.4, -0.2) is 14.9 Å². The number of nitro groups is 1. The van der Waals surface area contributed by atoms with E-state index in [1.807, 2.05) is 6.92 Å². The molecule has 2 aromatic rings. The van der Waals surface area contributed by atoms with Crippen LogP contribution in [0.4, 0.5) is 5.88 Å². The van der Waals surface area contributed by atoms with E-state index in [4.69, 9.17) is 4.42 Å². The van der Waals surface area contributed by atoms with E-state index in [2.05, 4.69) is 9.97 Å². The fourth-order valence-corrected chi connectivity index (χ4v) is 1.32. The van der Waals surface area contributed by atoms with Crippen LogP contribution in [0.5, 0.6) is 0 Å². The largest absolute Gasteiger partial charge is 0.433 e. The van der Waals surface area contributed by atoms with Crippen LogP contribution in [0.3, 0.4) is 0 Å². The van der Waals surface area contributed by atoms with Crippen molar-refractivity contribution in [3.05, 3.63) is 51.8 Å². The molecule has 6 heteroatoms. The van der Waals surface area contributed by atoms with Gasteiger partial charge in [-0.15, -0.1) is 0 Å². The summed E-state index contributed by atoms with van der Waals surface area (Å²) in [4.78, 5) is 18.1. The average molecular weight is 245 g/mol. The second-order valence-corrected chi connectivity index (χ2v) is 3.57. The Balaban J connectivity index is 2.11. The Morgan fingerprint density at radius 3 is 2.61 bits per heavy atom. The number of aromatic nitrogens is 2. The summed E-state index contributed by atoms with van der Waals surface area (Å²) in [5.74, 6) is 0.646. The lowest BCUT2D eigenvalue weighted by Crippen LogP contribution is -1.89. The highest BCUT2D eigenvalue weighted by Gasteiger charge is 2.09. The average Bonchev–Trinajstić information content (AvgIpc) is 2.86. The molecule has 0 aromatic carbocycles. The molecule has 2 heterocycles. The molecule has 0 aliphatic carbocycles. The van der Waals surface area contributed by atoms with Gasteiger partial charge in [0.1, 0.15) is 10.7 Å². The van der Waals surface area contributed by atoms with Gasteiger partial charge in [0, 0.05) is 12.4 Å². The zero-order valence-electron chi connectivity index (χ0n) is 9.74. The maximum atomic E-state index is 10.4. The SMILES string of the molecule is CCc1cnc(/C=C\c2ccc([N+](=O)[O-])o2)nc1. The van der Waals surface area contributed by atoms with E-state index in [1.54, 1.807) is 24.5 Å². The summed E-state index contributed by atoms with van der Waals surface area (Å²) in [5, 5.41) is 10.4. The lowest BCUT2D eigenvalue weighted by Gasteiger charge is -1.94. The number of furan rings is 1. The van der Waals surface area contributed by atoms with Crippen molar-refractivity contribution in [3.63, 3.8) is 0 Å². The zero-order chi connectivity index (χ0) is 13.0. The Labute approximate surface area is 103 Å². The first-order chi connectivity index (χ1) is 8.69. The molecule has 0 amide bonds. The van der Waals surface area contributed by atoms with Crippen molar-refractivity contribution >= 4 is 18.0 Å². The molecule has 0 saturated heterocycles. The first-order valence-electron chi connectivity index (χ1n) is 5.42. The summed E-state index contributed by atoms with van der Waals surface area (Å²) in [6.45, 7) is 2.02. The van der Waals surface area contributed by atoms with Crippen molar-refractivity contribution in [2.75, 3.05) is 0 Å². The third kappa shape index (κ3) is 2.79. The second-order valence-electron chi connectivity index (χ2n) is 3.57. The molecule has 6 nitrogen and oxygen atoms in total. The van der Waals surface area contributed by atoms with Gasteiger partial charge in [0.2, 0.25) is 0 Å². The van der Waals surface area contributed by atoms with Gasteiger partial charge in [-0.2, -0.15) is 0 Å². The molecule has 0 aliphatic heterocycles. The third-order valence-electron chi connectivity index (χ3n) is 2.32. The first kappa shape index (κ1) is 12.0. The number of nitrogens with zero attached hydrogens (tertiary/aromatic N) is 3. The molecule has 0 bridgehead atoms. The normalized spacial score (nSPS) is 10.9. The van der Waals surface area contributed by atoms with Gasteiger partial charge in [-0.05, 0) is 30.2 Å². The van der Waals surface area contributed by atoms with Crippen LogP contribution in [0.25, 0.3) is 12.2 Å². The Morgan fingerprint density at radius 2 is 2.06 bits per heavy atom. The summed E-state index contributed by atoms with van der Waals surface area (Å²) in [6.07, 6.45) is 7.61. The van der Waals surface area contributed by atoms with Crippen molar-refractivity contribution in [3.8, 4) is 0 Å². The van der Waals surface area contributed by atoms with Crippen molar-refractivity contribution in [1.82, 2.24) is 9.97 Å². The van der Waals surface area contributed by atoms with E-state index < -0.39 is 4.92 Å². The number of rotatable bonds is 4. The minimum Gasteiger partial charge on any atom is -0.401 e. The minimum absolute atomic E-state index is 0.281. The Hall–Kier alpha value is -2.50. The molecule has 0 radical (unpaired) electrons. The fourth-order valence-electron chi connectivity index (χ4n) is 1.32. The van der Waals surface area contributed by atoms with Crippen LogP contribution in [0.15, 0.2) is 28.9 Å².